The zero-order chi connectivity index (χ0) is 18.1. The predicted molar refractivity (Wildman–Crippen MR) is 89.6 cm³/mol. The van der Waals surface area contributed by atoms with Gasteiger partial charge in [0.05, 0.1) is 12.3 Å². The lowest BCUT2D eigenvalue weighted by molar-refractivity contribution is -0.126. The SMILES string of the molecule is C[C@H](NC(=O)CO/N=C\c1ccccc1OC(F)F)c1ccccc1. The number of oxime groups is 1. The van der Waals surface area contributed by atoms with Crippen LogP contribution in [0.25, 0.3) is 0 Å². The van der Waals surface area contributed by atoms with Crippen LogP contribution in [0.5, 0.6) is 5.75 Å². The molecule has 0 aromatic heterocycles. The minimum Gasteiger partial charge on any atom is -0.434 e. The van der Waals surface area contributed by atoms with Gasteiger partial charge < -0.3 is 14.9 Å². The molecule has 1 amide bonds. The van der Waals surface area contributed by atoms with Crippen LogP contribution >= 0.6 is 0 Å². The Kier molecular flexibility index (Phi) is 6.88. The number of nitrogens with one attached hydrogen (secondary N) is 1. The van der Waals surface area contributed by atoms with Crippen LogP contribution in [0.2, 0.25) is 0 Å². The van der Waals surface area contributed by atoms with Crippen LogP contribution in [0.3, 0.4) is 0 Å². The molecule has 0 bridgehead atoms. The number of hydrogen-bond donors (Lipinski definition) is 1. The summed E-state index contributed by atoms with van der Waals surface area (Å²) in [5, 5.41) is 6.39. The van der Waals surface area contributed by atoms with Gasteiger partial charge in [0.25, 0.3) is 5.91 Å². The zero-order valence-electron chi connectivity index (χ0n) is 13.6. The fourth-order valence-electron chi connectivity index (χ4n) is 2.09. The highest BCUT2D eigenvalue weighted by Gasteiger charge is 2.10. The molecule has 132 valence electrons. The van der Waals surface area contributed by atoms with E-state index in [1.807, 2.05) is 37.3 Å². The Bertz CT molecular complexity index is 708. The molecule has 7 heteroatoms. The van der Waals surface area contributed by atoms with Crippen molar-refractivity contribution in [2.24, 2.45) is 5.16 Å². The average molecular weight is 348 g/mol. The molecule has 0 aliphatic heterocycles. The molecule has 2 aromatic rings. The maximum atomic E-state index is 12.3. The second-order valence-electron chi connectivity index (χ2n) is 5.12. The third kappa shape index (κ3) is 6.21. The van der Waals surface area contributed by atoms with Crippen molar-refractivity contribution < 1.29 is 23.1 Å². The van der Waals surface area contributed by atoms with Gasteiger partial charge in [0.15, 0.2) is 6.61 Å². The Hall–Kier alpha value is -2.96. The first-order valence-electron chi connectivity index (χ1n) is 7.59. The summed E-state index contributed by atoms with van der Waals surface area (Å²) in [5.41, 5.74) is 1.29. The van der Waals surface area contributed by atoms with Crippen LogP contribution in [0.4, 0.5) is 8.78 Å². The number of hydrogen-bond acceptors (Lipinski definition) is 4. The minimum absolute atomic E-state index is 0.0213. The van der Waals surface area contributed by atoms with E-state index in [0.29, 0.717) is 5.56 Å². The van der Waals surface area contributed by atoms with Crippen LogP contribution in [0.15, 0.2) is 59.8 Å². The lowest BCUT2D eigenvalue weighted by atomic mass is 10.1. The van der Waals surface area contributed by atoms with Crippen LogP contribution in [0.1, 0.15) is 24.1 Å². The van der Waals surface area contributed by atoms with Gasteiger partial charge in [-0.15, -0.1) is 0 Å². The molecule has 25 heavy (non-hydrogen) atoms. The number of para-hydroxylation sites is 1. The standard InChI is InChI=1S/C18H18F2N2O3/c1-13(14-7-3-2-4-8-14)22-17(23)12-24-21-11-15-9-5-6-10-16(15)25-18(19)20/h2-11,13,18H,12H2,1H3,(H,22,23)/b21-11-/t13-/m0/s1. The van der Waals surface area contributed by atoms with Crippen molar-refractivity contribution in [2.45, 2.75) is 19.6 Å². The van der Waals surface area contributed by atoms with Gasteiger partial charge in [-0.05, 0) is 24.6 Å². The lowest BCUT2D eigenvalue weighted by Crippen LogP contribution is -2.29. The summed E-state index contributed by atoms with van der Waals surface area (Å²) >= 11 is 0. The summed E-state index contributed by atoms with van der Waals surface area (Å²) in [5.74, 6) is -0.363. The molecule has 0 aliphatic carbocycles. The lowest BCUT2D eigenvalue weighted by Gasteiger charge is -2.13. The second-order valence-corrected chi connectivity index (χ2v) is 5.12. The Morgan fingerprint density at radius 3 is 2.56 bits per heavy atom. The molecule has 2 aromatic carbocycles. The van der Waals surface area contributed by atoms with Crippen molar-refractivity contribution in [3.63, 3.8) is 0 Å². The highest BCUT2D eigenvalue weighted by Crippen LogP contribution is 2.18. The first-order chi connectivity index (χ1) is 12.1. The second kappa shape index (κ2) is 9.36. The van der Waals surface area contributed by atoms with Gasteiger partial charge in [-0.1, -0.05) is 47.6 Å². The molecule has 0 unspecified atom stereocenters. The normalized spacial score (nSPS) is 12.2. The van der Waals surface area contributed by atoms with Crippen molar-refractivity contribution >= 4 is 12.1 Å². The molecule has 0 fully saturated rings. The summed E-state index contributed by atoms with van der Waals surface area (Å²) in [6.07, 6.45) is 1.21. The van der Waals surface area contributed by atoms with E-state index >= 15 is 0 Å². The molecule has 0 saturated heterocycles. The molecule has 0 saturated carbocycles. The van der Waals surface area contributed by atoms with E-state index < -0.39 is 6.61 Å². The highest BCUT2D eigenvalue weighted by atomic mass is 19.3. The van der Waals surface area contributed by atoms with Crippen molar-refractivity contribution in [1.29, 1.82) is 0 Å². The van der Waals surface area contributed by atoms with Gasteiger partial charge in [0.2, 0.25) is 0 Å². The average Bonchev–Trinajstić information content (AvgIpc) is 2.60. The monoisotopic (exact) mass is 348 g/mol. The molecule has 1 N–H and O–H groups in total. The van der Waals surface area contributed by atoms with Crippen molar-refractivity contribution in [2.75, 3.05) is 6.61 Å². The summed E-state index contributed by atoms with van der Waals surface area (Å²) < 4.78 is 29.0. The van der Waals surface area contributed by atoms with Crippen molar-refractivity contribution in [3.8, 4) is 5.75 Å². The van der Waals surface area contributed by atoms with Crippen LogP contribution in [-0.2, 0) is 9.63 Å². The quantitative estimate of drug-likeness (QED) is 0.587. The molecule has 0 heterocycles. The van der Waals surface area contributed by atoms with Crippen LogP contribution in [0, 0.1) is 0 Å². The number of halogens is 2. The molecular formula is C18H18F2N2O3. The van der Waals surface area contributed by atoms with E-state index in [-0.39, 0.29) is 24.3 Å². The third-order valence-corrected chi connectivity index (χ3v) is 3.27. The molecule has 2 rings (SSSR count). The topological polar surface area (TPSA) is 59.9 Å². The number of rotatable bonds is 8. The molecule has 1 atom stereocenters. The number of amides is 1. The van der Waals surface area contributed by atoms with Gasteiger partial charge in [0.1, 0.15) is 5.75 Å². The van der Waals surface area contributed by atoms with Crippen LogP contribution < -0.4 is 10.1 Å². The highest BCUT2D eigenvalue weighted by molar-refractivity contribution is 5.83. The molecule has 0 spiro atoms. The summed E-state index contributed by atoms with van der Waals surface area (Å²) in [6, 6.07) is 15.5. The van der Waals surface area contributed by atoms with Crippen molar-refractivity contribution in [3.05, 3.63) is 65.7 Å². The van der Waals surface area contributed by atoms with E-state index in [9.17, 15) is 13.6 Å². The number of alkyl halides is 2. The maximum absolute atomic E-state index is 12.3. The number of carbonyl (C=O) groups is 1. The van der Waals surface area contributed by atoms with Crippen LogP contribution in [-0.4, -0.2) is 25.3 Å². The summed E-state index contributed by atoms with van der Waals surface area (Å²) in [6.45, 7) is -1.36. The van der Waals surface area contributed by atoms with Gasteiger partial charge in [-0.3, -0.25) is 4.79 Å². The Morgan fingerprint density at radius 1 is 1.16 bits per heavy atom. The van der Waals surface area contributed by atoms with Gasteiger partial charge in [-0.25, -0.2) is 0 Å². The fraction of sp³-hybridized carbons (Fsp3) is 0.222. The summed E-state index contributed by atoms with van der Waals surface area (Å²) in [7, 11) is 0. The van der Waals surface area contributed by atoms with E-state index in [1.165, 1.54) is 12.3 Å². The third-order valence-electron chi connectivity index (χ3n) is 3.27. The smallest absolute Gasteiger partial charge is 0.387 e. The predicted octanol–water partition coefficient (Wildman–Crippen LogP) is 3.52. The first-order valence-corrected chi connectivity index (χ1v) is 7.59. The number of benzene rings is 2. The number of nitrogens with zero attached hydrogens (tertiary/aromatic N) is 1. The first kappa shape index (κ1) is 18.4. The fourth-order valence-corrected chi connectivity index (χ4v) is 2.09. The van der Waals surface area contributed by atoms with Gasteiger partial charge >= 0.3 is 6.61 Å². The molecule has 0 radical (unpaired) electrons. The maximum Gasteiger partial charge on any atom is 0.387 e. The zero-order valence-corrected chi connectivity index (χ0v) is 13.6. The van der Waals surface area contributed by atoms with Gasteiger partial charge in [-0.2, -0.15) is 8.78 Å². The van der Waals surface area contributed by atoms with E-state index in [2.05, 4.69) is 15.2 Å². The van der Waals surface area contributed by atoms with Crippen molar-refractivity contribution in [1.82, 2.24) is 5.32 Å². The summed E-state index contributed by atoms with van der Waals surface area (Å²) in [4.78, 5) is 16.7. The Labute approximate surface area is 144 Å². The largest absolute Gasteiger partial charge is 0.434 e. The molecular weight excluding hydrogens is 330 g/mol. The van der Waals surface area contributed by atoms with E-state index in [0.717, 1.165) is 5.56 Å². The van der Waals surface area contributed by atoms with E-state index in [4.69, 9.17) is 4.84 Å². The Balaban J connectivity index is 1.82. The molecule has 5 nitrogen and oxygen atoms in total. The minimum atomic E-state index is -2.93. The van der Waals surface area contributed by atoms with Gasteiger partial charge in [0, 0.05) is 5.56 Å². The van der Waals surface area contributed by atoms with E-state index in [1.54, 1.807) is 18.2 Å². The number of carbonyl (C=O) groups excluding carboxylic acids is 1. The molecule has 0 aliphatic rings. The Morgan fingerprint density at radius 2 is 1.84 bits per heavy atom. The number of ether oxygens (including phenoxy) is 1.